The Kier molecular flexibility index (Phi) is 7.68. The van der Waals surface area contributed by atoms with Crippen LogP contribution < -0.4 is 10.6 Å². The van der Waals surface area contributed by atoms with E-state index in [1.807, 2.05) is 30.5 Å². The fourth-order valence-corrected chi connectivity index (χ4v) is 4.15. The number of nitriles is 2. The van der Waals surface area contributed by atoms with Crippen LogP contribution in [0.25, 0.3) is 10.9 Å². The summed E-state index contributed by atoms with van der Waals surface area (Å²) in [6.45, 7) is 6.85. The number of benzene rings is 1. The Labute approximate surface area is 206 Å². The first kappa shape index (κ1) is 24.3. The van der Waals surface area contributed by atoms with E-state index in [-0.39, 0.29) is 6.54 Å². The van der Waals surface area contributed by atoms with Gasteiger partial charge in [0.05, 0.1) is 52.9 Å². The van der Waals surface area contributed by atoms with E-state index < -0.39 is 5.41 Å². The Morgan fingerprint density at radius 3 is 2.69 bits per heavy atom. The minimum Gasteiger partial charge on any atom is -0.381 e. The largest absolute Gasteiger partial charge is 0.381 e. The van der Waals surface area contributed by atoms with Gasteiger partial charge in [-0.15, -0.1) is 0 Å². The standard InChI is InChI=1S/C28H30N6O/c1-28(2,20-30)27-8-6-24(19-33-27)31-12-3-4-25-17-22-16-21(5-7-26(22)34(25)13-11-29)18-32-23-9-14-35-15-10-23/h5-8,16-17,19,23,31-32H,9-10,12-15,18H2,1-2H3. The summed E-state index contributed by atoms with van der Waals surface area (Å²) in [5, 5.41) is 26.6. The summed E-state index contributed by atoms with van der Waals surface area (Å²) < 4.78 is 7.39. The predicted octanol–water partition coefficient (Wildman–Crippen LogP) is 4.09. The van der Waals surface area contributed by atoms with E-state index in [4.69, 9.17) is 4.74 Å². The maximum absolute atomic E-state index is 9.34. The molecule has 0 atom stereocenters. The van der Waals surface area contributed by atoms with Crippen LogP contribution in [0.2, 0.25) is 0 Å². The number of rotatable bonds is 7. The Morgan fingerprint density at radius 2 is 1.97 bits per heavy atom. The number of nitrogens with zero attached hydrogens (tertiary/aromatic N) is 4. The van der Waals surface area contributed by atoms with Crippen molar-refractivity contribution in [2.75, 3.05) is 25.1 Å². The van der Waals surface area contributed by atoms with Gasteiger partial charge in [0.2, 0.25) is 0 Å². The van der Waals surface area contributed by atoms with Crippen LogP contribution in [0.15, 0.2) is 42.6 Å². The molecule has 1 saturated heterocycles. The fraction of sp³-hybridized carbons (Fsp3) is 0.393. The summed E-state index contributed by atoms with van der Waals surface area (Å²) in [6, 6.07) is 17.2. The van der Waals surface area contributed by atoms with Crippen molar-refractivity contribution in [3.63, 3.8) is 0 Å². The highest BCUT2D eigenvalue weighted by Gasteiger charge is 2.20. The maximum Gasteiger partial charge on any atom is 0.111 e. The molecule has 2 aromatic heterocycles. The molecule has 0 bridgehead atoms. The second kappa shape index (κ2) is 11.1. The van der Waals surface area contributed by atoms with E-state index in [1.54, 1.807) is 6.20 Å². The van der Waals surface area contributed by atoms with Crippen LogP contribution >= 0.6 is 0 Å². The lowest BCUT2D eigenvalue weighted by Gasteiger charge is -2.23. The van der Waals surface area contributed by atoms with Crippen molar-refractivity contribution < 1.29 is 4.74 Å². The molecule has 7 heteroatoms. The summed E-state index contributed by atoms with van der Waals surface area (Å²) in [5.74, 6) is 6.37. The molecule has 35 heavy (non-hydrogen) atoms. The van der Waals surface area contributed by atoms with Gasteiger partial charge in [-0.3, -0.25) is 4.98 Å². The van der Waals surface area contributed by atoms with Gasteiger partial charge in [0.1, 0.15) is 6.54 Å². The zero-order chi connectivity index (χ0) is 24.7. The third-order valence-corrected chi connectivity index (χ3v) is 6.29. The van der Waals surface area contributed by atoms with Gasteiger partial charge in [-0.1, -0.05) is 12.0 Å². The molecular formula is C28H30N6O. The summed E-state index contributed by atoms with van der Waals surface area (Å²) >= 11 is 0. The molecule has 3 heterocycles. The number of anilines is 1. The number of hydrogen-bond acceptors (Lipinski definition) is 6. The Morgan fingerprint density at radius 1 is 1.14 bits per heavy atom. The summed E-state index contributed by atoms with van der Waals surface area (Å²) in [5.41, 5.74) is 4.01. The van der Waals surface area contributed by atoms with Crippen LogP contribution in [-0.4, -0.2) is 35.4 Å². The van der Waals surface area contributed by atoms with E-state index >= 15 is 0 Å². The molecule has 1 aromatic carbocycles. The Balaban J connectivity index is 1.43. The van der Waals surface area contributed by atoms with E-state index in [9.17, 15) is 10.5 Å². The lowest BCUT2D eigenvalue weighted by atomic mass is 9.91. The van der Waals surface area contributed by atoms with Gasteiger partial charge in [-0.2, -0.15) is 10.5 Å². The first-order chi connectivity index (χ1) is 17.0. The molecule has 1 aliphatic rings. The molecule has 0 saturated carbocycles. The summed E-state index contributed by atoms with van der Waals surface area (Å²) in [6.07, 6.45) is 3.82. The number of pyridine rings is 1. The normalized spacial score (nSPS) is 14.1. The zero-order valence-electron chi connectivity index (χ0n) is 20.3. The van der Waals surface area contributed by atoms with Gasteiger partial charge in [0.15, 0.2) is 0 Å². The molecular weight excluding hydrogens is 436 g/mol. The number of ether oxygens (including phenoxy) is 1. The van der Waals surface area contributed by atoms with Crippen LogP contribution in [-0.2, 0) is 23.2 Å². The van der Waals surface area contributed by atoms with Crippen LogP contribution in [0.1, 0.15) is 43.6 Å². The highest BCUT2D eigenvalue weighted by molar-refractivity contribution is 5.83. The summed E-state index contributed by atoms with van der Waals surface area (Å²) in [4.78, 5) is 4.39. The second-order valence-corrected chi connectivity index (χ2v) is 9.26. The molecule has 1 fully saturated rings. The molecule has 4 rings (SSSR count). The van der Waals surface area contributed by atoms with Crippen LogP contribution in [0.4, 0.5) is 5.69 Å². The molecule has 178 valence electrons. The van der Waals surface area contributed by atoms with Crippen LogP contribution in [0, 0.1) is 34.5 Å². The Bertz CT molecular complexity index is 1310. The van der Waals surface area contributed by atoms with Gasteiger partial charge in [0, 0.05) is 31.2 Å². The van der Waals surface area contributed by atoms with Crippen LogP contribution in [0.3, 0.4) is 0 Å². The third kappa shape index (κ3) is 6.00. The number of aromatic nitrogens is 2. The first-order valence-electron chi connectivity index (χ1n) is 11.9. The van der Waals surface area contributed by atoms with Crippen molar-refractivity contribution in [1.82, 2.24) is 14.9 Å². The quantitative estimate of drug-likeness (QED) is 0.509. The van der Waals surface area contributed by atoms with Crippen molar-refractivity contribution in [2.24, 2.45) is 0 Å². The monoisotopic (exact) mass is 466 g/mol. The molecule has 0 radical (unpaired) electrons. The van der Waals surface area contributed by atoms with E-state index in [0.717, 1.165) is 60.6 Å². The SMILES string of the molecule is CC(C)(C#N)c1ccc(NCC#Cc2cc3cc(CNC4CCOCC4)ccc3n2CC#N)cn1. The average molecular weight is 467 g/mol. The van der Waals surface area contributed by atoms with Crippen LogP contribution in [0.5, 0.6) is 0 Å². The molecule has 1 aliphatic heterocycles. The zero-order valence-corrected chi connectivity index (χ0v) is 20.3. The fourth-order valence-electron chi connectivity index (χ4n) is 4.15. The molecule has 7 nitrogen and oxygen atoms in total. The first-order valence-corrected chi connectivity index (χ1v) is 11.9. The van der Waals surface area contributed by atoms with Gasteiger partial charge < -0.3 is 19.9 Å². The third-order valence-electron chi connectivity index (χ3n) is 6.29. The van der Waals surface area contributed by atoms with Gasteiger partial charge in [-0.05, 0) is 68.5 Å². The van der Waals surface area contributed by atoms with Crippen molar-refractivity contribution in [3.05, 3.63) is 59.5 Å². The lowest BCUT2D eigenvalue weighted by Crippen LogP contribution is -2.34. The topological polar surface area (TPSA) is 98.7 Å². The van der Waals surface area contributed by atoms with E-state index in [1.165, 1.54) is 5.56 Å². The smallest absolute Gasteiger partial charge is 0.111 e. The molecule has 3 aromatic rings. The molecule has 0 aliphatic carbocycles. The van der Waals surface area contributed by atoms with Gasteiger partial charge in [-0.25, -0.2) is 0 Å². The number of fused-ring (bicyclic) bond motifs is 1. The minimum atomic E-state index is -0.618. The number of nitrogens with one attached hydrogen (secondary N) is 2. The van der Waals surface area contributed by atoms with Gasteiger partial charge >= 0.3 is 0 Å². The Hall–Kier alpha value is -3.83. The van der Waals surface area contributed by atoms with Crippen molar-refractivity contribution in [3.8, 4) is 24.0 Å². The number of hydrogen-bond donors (Lipinski definition) is 2. The second-order valence-electron chi connectivity index (χ2n) is 9.26. The maximum atomic E-state index is 9.34. The van der Waals surface area contributed by atoms with E-state index in [2.05, 4.69) is 63.9 Å². The average Bonchev–Trinajstić information content (AvgIpc) is 3.23. The molecule has 0 unspecified atom stereocenters. The van der Waals surface area contributed by atoms with Crippen molar-refractivity contribution >= 4 is 16.6 Å². The highest BCUT2D eigenvalue weighted by Crippen LogP contribution is 2.22. The molecule has 0 amide bonds. The lowest BCUT2D eigenvalue weighted by molar-refractivity contribution is 0.0776. The van der Waals surface area contributed by atoms with Crippen molar-refractivity contribution in [1.29, 1.82) is 10.5 Å². The molecule has 2 N–H and O–H groups in total. The molecule has 0 spiro atoms. The summed E-state index contributed by atoms with van der Waals surface area (Å²) in [7, 11) is 0. The van der Waals surface area contributed by atoms with Gasteiger partial charge in [0.25, 0.3) is 0 Å². The minimum absolute atomic E-state index is 0.251. The predicted molar refractivity (Wildman–Crippen MR) is 136 cm³/mol. The van der Waals surface area contributed by atoms with Crippen molar-refractivity contribution in [2.45, 2.75) is 51.2 Å². The van der Waals surface area contributed by atoms with E-state index in [0.29, 0.717) is 12.6 Å². The highest BCUT2D eigenvalue weighted by atomic mass is 16.5.